The second kappa shape index (κ2) is 13.4. The van der Waals surface area contributed by atoms with E-state index in [0.29, 0.717) is 12.5 Å². The lowest BCUT2D eigenvalue weighted by Gasteiger charge is -2.32. The molecule has 1 heterocycles. The fraction of sp³-hybridized carbons (Fsp3) is 0.458. The van der Waals surface area contributed by atoms with Crippen molar-refractivity contribution in [3.05, 3.63) is 60.2 Å². The molecule has 2 N–H and O–H groups in total. The molecule has 0 aliphatic carbocycles. The SMILES string of the molecule is CN=C(NCC(C)Oc1ccccc1OC)NCC1CCCOC1c1ccccc1.I. The average Bonchev–Trinajstić information content (AvgIpc) is 2.80. The van der Waals surface area contributed by atoms with Gasteiger partial charge in [0.2, 0.25) is 0 Å². The molecule has 1 saturated heterocycles. The number of aliphatic imine (C=N–C) groups is 1. The molecule has 0 aromatic heterocycles. The minimum absolute atomic E-state index is 0. The van der Waals surface area contributed by atoms with E-state index >= 15 is 0 Å². The van der Waals surface area contributed by atoms with Gasteiger partial charge in [-0.1, -0.05) is 42.5 Å². The maximum atomic E-state index is 6.10. The van der Waals surface area contributed by atoms with E-state index in [-0.39, 0.29) is 36.2 Å². The van der Waals surface area contributed by atoms with Crippen molar-refractivity contribution in [2.75, 3.05) is 33.9 Å². The Morgan fingerprint density at radius 1 is 1.10 bits per heavy atom. The highest BCUT2D eigenvalue weighted by Gasteiger charge is 2.27. The number of halogens is 1. The van der Waals surface area contributed by atoms with Crippen LogP contribution in [0.15, 0.2) is 59.6 Å². The van der Waals surface area contributed by atoms with Gasteiger partial charge in [0.1, 0.15) is 6.10 Å². The summed E-state index contributed by atoms with van der Waals surface area (Å²) in [5.41, 5.74) is 1.24. The fourth-order valence-electron chi connectivity index (χ4n) is 3.73. The molecule has 1 fully saturated rings. The maximum Gasteiger partial charge on any atom is 0.191 e. The third kappa shape index (κ3) is 7.57. The zero-order valence-electron chi connectivity index (χ0n) is 18.5. The number of guanidine groups is 1. The normalized spacial score (nSPS) is 19.6. The summed E-state index contributed by atoms with van der Waals surface area (Å²) >= 11 is 0. The van der Waals surface area contributed by atoms with Crippen molar-refractivity contribution >= 4 is 29.9 Å². The fourth-order valence-corrected chi connectivity index (χ4v) is 3.73. The van der Waals surface area contributed by atoms with Gasteiger partial charge in [-0.25, -0.2) is 0 Å². The van der Waals surface area contributed by atoms with Crippen molar-refractivity contribution in [3.8, 4) is 11.5 Å². The van der Waals surface area contributed by atoms with Gasteiger partial charge in [0, 0.05) is 26.1 Å². The molecule has 0 bridgehead atoms. The van der Waals surface area contributed by atoms with Gasteiger partial charge in [-0.05, 0) is 37.5 Å². The van der Waals surface area contributed by atoms with Crippen LogP contribution in [-0.2, 0) is 4.74 Å². The molecule has 2 aromatic rings. The van der Waals surface area contributed by atoms with Crippen LogP contribution >= 0.6 is 24.0 Å². The number of ether oxygens (including phenoxy) is 3. The highest BCUT2D eigenvalue weighted by Crippen LogP contribution is 2.33. The summed E-state index contributed by atoms with van der Waals surface area (Å²) in [7, 11) is 3.43. The average molecular weight is 539 g/mol. The Bertz CT molecular complexity index is 804. The number of benzene rings is 2. The molecule has 170 valence electrons. The largest absolute Gasteiger partial charge is 0.493 e. The number of para-hydroxylation sites is 2. The number of hydrogen-bond donors (Lipinski definition) is 2. The number of methoxy groups -OCH3 is 1. The van der Waals surface area contributed by atoms with Crippen molar-refractivity contribution in [1.82, 2.24) is 10.6 Å². The molecule has 7 heteroatoms. The third-order valence-electron chi connectivity index (χ3n) is 5.28. The van der Waals surface area contributed by atoms with Crippen LogP contribution in [0.1, 0.15) is 31.4 Å². The molecule has 0 saturated carbocycles. The first-order valence-corrected chi connectivity index (χ1v) is 10.6. The van der Waals surface area contributed by atoms with E-state index in [1.54, 1.807) is 14.2 Å². The lowest BCUT2D eigenvalue weighted by molar-refractivity contribution is -0.0265. The Labute approximate surface area is 202 Å². The predicted octanol–water partition coefficient (Wildman–Crippen LogP) is 4.41. The van der Waals surface area contributed by atoms with Gasteiger partial charge >= 0.3 is 0 Å². The first-order chi connectivity index (χ1) is 14.7. The summed E-state index contributed by atoms with van der Waals surface area (Å²) < 4.78 is 17.5. The highest BCUT2D eigenvalue weighted by atomic mass is 127. The molecule has 31 heavy (non-hydrogen) atoms. The van der Waals surface area contributed by atoms with Crippen molar-refractivity contribution in [2.45, 2.75) is 32.0 Å². The Morgan fingerprint density at radius 2 is 1.81 bits per heavy atom. The summed E-state index contributed by atoms with van der Waals surface area (Å²) in [6, 6.07) is 18.1. The van der Waals surface area contributed by atoms with Gasteiger partial charge in [-0.2, -0.15) is 0 Å². The number of hydrogen-bond acceptors (Lipinski definition) is 4. The van der Waals surface area contributed by atoms with E-state index in [1.807, 2.05) is 37.3 Å². The van der Waals surface area contributed by atoms with Gasteiger partial charge < -0.3 is 24.8 Å². The van der Waals surface area contributed by atoms with Crippen molar-refractivity contribution < 1.29 is 14.2 Å². The first-order valence-electron chi connectivity index (χ1n) is 10.6. The van der Waals surface area contributed by atoms with E-state index in [2.05, 4.69) is 39.9 Å². The summed E-state index contributed by atoms with van der Waals surface area (Å²) in [6.07, 6.45) is 2.30. The highest BCUT2D eigenvalue weighted by molar-refractivity contribution is 14.0. The zero-order valence-corrected chi connectivity index (χ0v) is 20.9. The molecule has 6 nitrogen and oxygen atoms in total. The lowest BCUT2D eigenvalue weighted by atomic mass is 9.89. The molecular formula is C24H34IN3O3. The number of nitrogens with zero attached hydrogens (tertiary/aromatic N) is 1. The topological polar surface area (TPSA) is 64.1 Å². The maximum absolute atomic E-state index is 6.10. The van der Waals surface area contributed by atoms with Crippen LogP contribution in [0, 0.1) is 5.92 Å². The molecule has 3 rings (SSSR count). The third-order valence-corrected chi connectivity index (χ3v) is 5.28. The summed E-state index contributed by atoms with van der Waals surface area (Å²) in [4.78, 5) is 4.36. The molecule has 1 aliphatic heterocycles. The number of nitrogens with one attached hydrogen (secondary N) is 2. The van der Waals surface area contributed by atoms with Crippen molar-refractivity contribution in [1.29, 1.82) is 0 Å². The molecule has 0 spiro atoms. The van der Waals surface area contributed by atoms with E-state index in [9.17, 15) is 0 Å². The lowest BCUT2D eigenvalue weighted by Crippen LogP contribution is -2.44. The Hall–Kier alpha value is -2.00. The zero-order chi connectivity index (χ0) is 21.2. The van der Waals surface area contributed by atoms with E-state index < -0.39 is 0 Å². The van der Waals surface area contributed by atoms with Gasteiger partial charge in [0.25, 0.3) is 0 Å². The molecule has 1 aliphatic rings. The summed E-state index contributed by atoms with van der Waals surface area (Å²) in [5.74, 6) is 2.64. The molecule has 0 amide bonds. The van der Waals surface area contributed by atoms with Crippen LogP contribution < -0.4 is 20.1 Å². The van der Waals surface area contributed by atoms with Crippen molar-refractivity contribution in [2.24, 2.45) is 10.9 Å². The molecule has 0 radical (unpaired) electrons. The molecular weight excluding hydrogens is 505 g/mol. The molecule has 3 unspecified atom stereocenters. The summed E-state index contributed by atoms with van der Waals surface area (Å²) in [5, 5.41) is 6.81. The van der Waals surface area contributed by atoms with E-state index in [0.717, 1.165) is 43.5 Å². The predicted molar refractivity (Wildman–Crippen MR) is 136 cm³/mol. The molecule has 3 atom stereocenters. The van der Waals surface area contributed by atoms with E-state index in [1.165, 1.54) is 5.56 Å². The van der Waals surface area contributed by atoms with E-state index in [4.69, 9.17) is 14.2 Å². The second-order valence-electron chi connectivity index (χ2n) is 7.52. The minimum Gasteiger partial charge on any atom is -0.493 e. The summed E-state index contributed by atoms with van der Waals surface area (Å²) in [6.45, 7) is 4.27. The van der Waals surface area contributed by atoms with Crippen LogP contribution in [0.3, 0.4) is 0 Å². The van der Waals surface area contributed by atoms with Crippen LogP contribution in [0.4, 0.5) is 0 Å². The molecule has 2 aromatic carbocycles. The van der Waals surface area contributed by atoms with Gasteiger partial charge in [0.15, 0.2) is 17.5 Å². The standard InChI is InChI=1S/C24H33N3O3.HI/c1-18(30-22-14-8-7-13-21(22)28-3)16-26-24(25-2)27-17-20-12-9-15-29-23(20)19-10-5-4-6-11-19;/h4-8,10-11,13-14,18,20,23H,9,12,15-17H2,1-3H3,(H2,25,26,27);1H. The Kier molecular flexibility index (Phi) is 10.9. The van der Waals surface area contributed by atoms with Gasteiger partial charge in [0.05, 0.1) is 19.8 Å². The van der Waals surface area contributed by atoms with Crippen LogP contribution in [0.2, 0.25) is 0 Å². The van der Waals surface area contributed by atoms with Crippen molar-refractivity contribution in [3.63, 3.8) is 0 Å². The second-order valence-corrected chi connectivity index (χ2v) is 7.52. The Balaban J connectivity index is 0.00000341. The number of rotatable bonds is 8. The monoisotopic (exact) mass is 539 g/mol. The van der Waals surface area contributed by atoms with Crippen LogP contribution in [-0.4, -0.2) is 45.9 Å². The van der Waals surface area contributed by atoms with Crippen LogP contribution in [0.25, 0.3) is 0 Å². The Morgan fingerprint density at radius 3 is 2.52 bits per heavy atom. The minimum atomic E-state index is -0.0464. The van der Waals surface area contributed by atoms with Gasteiger partial charge in [-0.15, -0.1) is 24.0 Å². The quantitative estimate of drug-likeness (QED) is 0.296. The van der Waals surface area contributed by atoms with Gasteiger partial charge in [-0.3, -0.25) is 4.99 Å². The first kappa shape index (κ1) is 25.3. The smallest absolute Gasteiger partial charge is 0.191 e. The van der Waals surface area contributed by atoms with Crippen LogP contribution in [0.5, 0.6) is 11.5 Å².